The highest BCUT2D eigenvalue weighted by atomic mass is 28.3. The summed E-state index contributed by atoms with van der Waals surface area (Å²) < 4.78 is 14.5. The van der Waals surface area contributed by atoms with Crippen molar-refractivity contribution in [3.05, 3.63) is 60.8 Å². The van der Waals surface area contributed by atoms with Crippen molar-refractivity contribution in [1.82, 2.24) is 24.5 Å². The van der Waals surface area contributed by atoms with Crippen LogP contribution >= 0.6 is 0 Å². The van der Waals surface area contributed by atoms with E-state index >= 15 is 0 Å². The zero-order valence-corrected chi connectivity index (χ0v) is 31.0. The number of hydrogen-bond acceptors (Lipinski definition) is 9. The molecule has 254 valence electrons. The van der Waals surface area contributed by atoms with Crippen molar-refractivity contribution >= 4 is 39.7 Å². The number of nitrogens with zero attached hydrogens (tertiary/aromatic N) is 6. The summed E-state index contributed by atoms with van der Waals surface area (Å²) in [6.45, 7) is 24.0. The molecular formula is C35H52N6O4Si2. The number of pyridine rings is 1. The average molecular weight is 677 g/mol. The monoisotopic (exact) mass is 676 g/mol. The van der Waals surface area contributed by atoms with E-state index in [1.807, 2.05) is 17.2 Å². The first-order valence-corrected chi connectivity index (χ1v) is 24.2. The minimum Gasteiger partial charge on any atom is -0.508 e. The maximum Gasteiger partial charge on any atom is 0.168 e. The molecule has 3 aromatic heterocycles. The van der Waals surface area contributed by atoms with Crippen LogP contribution in [-0.2, 0) is 9.47 Å². The van der Waals surface area contributed by atoms with Crippen molar-refractivity contribution in [2.24, 2.45) is 0 Å². The lowest BCUT2D eigenvalue weighted by Crippen LogP contribution is -2.39. The maximum absolute atomic E-state index is 11.4. The van der Waals surface area contributed by atoms with Gasteiger partial charge in [-0.2, -0.15) is 9.61 Å². The van der Waals surface area contributed by atoms with Gasteiger partial charge >= 0.3 is 0 Å². The highest BCUT2D eigenvalue weighted by molar-refractivity contribution is 6.76. The van der Waals surface area contributed by atoms with Gasteiger partial charge in [-0.15, -0.1) is 0 Å². The molecule has 1 N–H and O–H groups in total. The van der Waals surface area contributed by atoms with Gasteiger partial charge in [0.15, 0.2) is 11.9 Å². The Morgan fingerprint density at radius 3 is 2.13 bits per heavy atom. The van der Waals surface area contributed by atoms with Crippen LogP contribution < -0.4 is 4.90 Å². The summed E-state index contributed by atoms with van der Waals surface area (Å²) in [6, 6.07) is 6.40. The number of ether oxygens (including phenoxy) is 2. The van der Waals surface area contributed by atoms with Gasteiger partial charge < -0.3 is 24.4 Å². The first-order valence-electron chi connectivity index (χ1n) is 16.8. The van der Waals surface area contributed by atoms with Gasteiger partial charge in [-0.05, 0) is 50.0 Å². The average Bonchev–Trinajstić information content (AvgIpc) is 3.54. The van der Waals surface area contributed by atoms with Gasteiger partial charge in [0.1, 0.15) is 30.7 Å². The second-order valence-electron chi connectivity index (χ2n) is 15.4. The second-order valence-corrected chi connectivity index (χ2v) is 26.7. The number of aliphatic hydroxyl groups excluding tert-OH is 1. The molecule has 2 unspecified atom stereocenters. The van der Waals surface area contributed by atoms with Crippen molar-refractivity contribution in [1.29, 1.82) is 0 Å². The minimum absolute atomic E-state index is 0.0499. The number of aldehydes is 1. The molecule has 2 fully saturated rings. The molecule has 0 aromatic carbocycles. The molecule has 12 heteroatoms. The Morgan fingerprint density at radius 2 is 1.64 bits per heavy atom. The molecule has 2 aliphatic rings. The smallest absolute Gasteiger partial charge is 0.168 e. The van der Waals surface area contributed by atoms with Gasteiger partial charge in [0.2, 0.25) is 0 Å². The molecule has 3 aromatic rings. The maximum atomic E-state index is 11.4. The van der Waals surface area contributed by atoms with Gasteiger partial charge in [0, 0.05) is 64.7 Å². The van der Waals surface area contributed by atoms with Crippen molar-refractivity contribution < 1.29 is 19.4 Å². The third-order valence-electron chi connectivity index (χ3n) is 9.33. The lowest BCUT2D eigenvalue weighted by Gasteiger charge is -2.39. The SMILES string of the molecule is C=CN1C2CC[C@H]1CC(c1nc3c(-c4ccc(C=O)nc4)cnn3c(N(COCC[Si](C)(C)C)COCC[Si](C)(C)C)c1C(=C)O)C2. The number of hydrogen-bond donors (Lipinski definition) is 1. The standard InChI is InChI=1S/C35H52N6O4Si2/c1-9-40-29-12-13-30(40)19-27(18-29)33-32(25(2)43)35(39(23-44-14-16-46(3,4)5)24-45-15-17-47(6,7)8)41-34(38-33)31(21-37-41)26-10-11-28(22-42)36-20-26/h9-11,20-22,27,29-30,43H,1-2,12-19,23-24H2,3-8H3/t27?,29-,30?/m0/s1. The topological polar surface area (TPSA) is 105 Å². The normalized spacial score (nSPS) is 19.7. The van der Waals surface area contributed by atoms with Crippen LogP contribution in [0.15, 0.2) is 43.9 Å². The number of piperidine rings is 1. The zero-order chi connectivity index (χ0) is 33.9. The van der Waals surface area contributed by atoms with E-state index in [-0.39, 0.29) is 25.1 Å². The number of carbonyl (C=O) groups excluding carboxylic acids is 1. The molecule has 3 atom stereocenters. The van der Waals surface area contributed by atoms with Crippen molar-refractivity contribution in [3.8, 4) is 11.1 Å². The summed E-state index contributed by atoms with van der Waals surface area (Å²) in [7, 11) is -2.62. The van der Waals surface area contributed by atoms with Gasteiger partial charge in [0.25, 0.3) is 0 Å². The van der Waals surface area contributed by atoms with E-state index in [1.54, 1.807) is 23.0 Å². The van der Waals surface area contributed by atoms with Crippen molar-refractivity contribution in [3.63, 3.8) is 0 Å². The third-order valence-corrected chi connectivity index (χ3v) is 12.7. The molecule has 2 aliphatic heterocycles. The lowest BCUT2D eigenvalue weighted by molar-refractivity contribution is 0.0941. The summed E-state index contributed by atoms with van der Waals surface area (Å²) in [5.41, 5.74) is 4.00. The quantitative estimate of drug-likeness (QED) is 0.0546. The summed E-state index contributed by atoms with van der Waals surface area (Å²) in [4.78, 5) is 25.4. The number of aliphatic hydroxyl groups is 1. The molecule has 0 saturated carbocycles. The van der Waals surface area contributed by atoms with Crippen molar-refractivity contribution in [2.75, 3.05) is 31.6 Å². The highest BCUT2D eigenvalue weighted by Gasteiger charge is 2.41. The van der Waals surface area contributed by atoms with E-state index in [0.717, 1.165) is 60.9 Å². The molecule has 0 spiro atoms. The fourth-order valence-corrected chi connectivity index (χ4v) is 8.21. The first kappa shape index (κ1) is 35.0. The van der Waals surface area contributed by atoms with Crippen LogP contribution in [0, 0.1) is 0 Å². The molecule has 0 radical (unpaired) electrons. The van der Waals surface area contributed by atoms with Crippen LogP contribution in [0.5, 0.6) is 0 Å². The zero-order valence-electron chi connectivity index (χ0n) is 29.0. The van der Waals surface area contributed by atoms with E-state index in [2.05, 4.69) is 62.3 Å². The molecule has 47 heavy (non-hydrogen) atoms. The molecule has 0 amide bonds. The fourth-order valence-electron chi connectivity index (χ4n) is 6.70. The van der Waals surface area contributed by atoms with Gasteiger partial charge in [-0.1, -0.05) is 58.5 Å². The highest BCUT2D eigenvalue weighted by Crippen LogP contribution is 2.46. The molecule has 2 saturated heterocycles. The van der Waals surface area contributed by atoms with Gasteiger partial charge in [0.05, 0.1) is 17.5 Å². The van der Waals surface area contributed by atoms with E-state index in [4.69, 9.17) is 19.6 Å². The summed E-state index contributed by atoms with van der Waals surface area (Å²) in [5.74, 6) is 0.707. The predicted octanol–water partition coefficient (Wildman–Crippen LogP) is 7.42. The molecule has 10 nitrogen and oxygen atoms in total. The molecular weight excluding hydrogens is 625 g/mol. The Labute approximate surface area is 281 Å². The number of anilines is 1. The number of fused-ring (bicyclic) bond motifs is 3. The van der Waals surface area contributed by atoms with Gasteiger partial charge in [-0.3, -0.25) is 9.78 Å². The molecule has 5 rings (SSSR count). The summed E-state index contributed by atoms with van der Waals surface area (Å²) >= 11 is 0. The number of rotatable bonds is 16. The number of carbonyl (C=O) groups is 1. The van der Waals surface area contributed by atoms with E-state index in [9.17, 15) is 9.90 Å². The van der Waals surface area contributed by atoms with Gasteiger partial charge in [-0.25, -0.2) is 4.98 Å². The van der Waals surface area contributed by atoms with Crippen LogP contribution in [0.25, 0.3) is 22.5 Å². The summed E-state index contributed by atoms with van der Waals surface area (Å²) in [5, 5.41) is 16.2. The Kier molecular flexibility index (Phi) is 10.7. The largest absolute Gasteiger partial charge is 0.508 e. The second kappa shape index (κ2) is 14.4. The third kappa shape index (κ3) is 8.22. The van der Waals surface area contributed by atoms with E-state index in [1.165, 1.54) is 0 Å². The Morgan fingerprint density at radius 1 is 1.02 bits per heavy atom. The van der Waals surface area contributed by atoms with Crippen molar-refractivity contribution in [2.45, 2.75) is 95.1 Å². The van der Waals surface area contributed by atoms with E-state index < -0.39 is 16.1 Å². The van der Waals surface area contributed by atoms with E-state index in [0.29, 0.717) is 48.0 Å². The van der Waals surface area contributed by atoms with Crippen LogP contribution in [-0.4, -0.2) is 90.8 Å². The fraction of sp³-hybridized carbons (Fsp3) is 0.543. The van der Waals surface area contributed by atoms with Crippen LogP contribution in [0.1, 0.15) is 53.3 Å². The number of aromatic nitrogens is 4. The first-order chi connectivity index (χ1) is 22.3. The molecule has 5 heterocycles. The Balaban J connectivity index is 1.64. The van der Waals surface area contributed by atoms with Crippen LogP contribution in [0.4, 0.5) is 5.82 Å². The molecule has 0 aliphatic carbocycles. The van der Waals surface area contributed by atoms with Crippen LogP contribution in [0.2, 0.25) is 51.4 Å². The Bertz CT molecular complexity index is 1540. The Hall–Kier alpha value is -3.33. The minimum atomic E-state index is -1.31. The predicted molar refractivity (Wildman–Crippen MR) is 195 cm³/mol. The molecule has 2 bridgehead atoms. The van der Waals surface area contributed by atoms with Crippen LogP contribution in [0.3, 0.4) is 0 Å². The lowest BCUT2D eigenvalue weighted by atomic mass is 9.85. The summed E-state index contributed by atoms with van der Waals surface area (Å²) in [6.07, 6.45) is 10.2.